The predicted octanol–water partition coefficient (Wildman–Crippen LogP) is 2.35. The van der Waals surface area contributed by atoms with E-state index in [0.29, 0.717) is 24.3 Å². The first-order valence-corrected chi connectivity index (χ1v) is 8.81. The van der Waals surface area contributed by atoms with Gasteiger partial charge in [-0.15, -0.1) is 0 Å². The zero-order valence-corrected chi connectivity index (χ0v) is 15.4. The summed E-state index contributed by atoms with van der Waals surface area (Å²) >= 11 is 3.30. The number of hydrogen-bond acceptors (Lipinski definition) is 3. The number of urea groups is 1. The topological polar surface area (TPSA) is 90.5 Å². The maximum absolute atomic E-state index is 12.0. The molecule has 3 N–H and O–H groups in total. The molecule has 1 aliphatic rings. The second kappa shape index (κ2) is 8.01. The van der Waals surface area contributed by atoms with Gasteiger partial charge in [-0.05, 0) is 42.5 Å². The summed E-state index contributed by atoms with van der Waals surface area (Å²) in [4.78, 5) is 37.3. The van der Waals surface area contributed by atoms with Crippen LogP contribution in [-0.2, 0) is 4.79 Å². The summed E-state index contributed by atoms with van der Waals surface area (Å²) < 4.78 is 0.793. The number of carbonyl (C=O) groups excluding carboxylic acids is 3. The zero-order valence-electron chi connectivity index (χ0n) is 13.8. The third-order valence-electron chi connectivity index (χ3n) is 3.82. The molecule has 26 heavy (non-hydrogen) atoms. The van der Waals surface area contributed by atoms with Crippen molar-refractivity contribution < 1.29 is 14.4 Å². The molecule has 0 unspecified atom stereocenters. The van der Waals surface area contributed by atoms with Crippen molar-refractivity contribution in [1.82, 2.24) is 10.6 Å². The number of anilines is 2. The highest BCUT2D eigenvalue weighted by atomic mass is 79.9. The van der Waals surface area contributed by atoms with E-state index < -0.39 is 0 Å². The molecule has 1 aliphatic heterocycles. The highest BCUT2D eigenvalue weighted by molar-refractivity contribution is 9.10. The molecule has 3 rings (SSSR count). The lowest BCUT2D eigenvalue weighted by molar-refractivity contribution is -0.115. The first-order chi connectivity index (χ1) is 12.5. The van der Waals surface area contributed by atoms with Crippen LogP contribution in [-0.4, -0.2) is 37.5 Å². The van der Waals surface area contributed by atoms with Crippen LogP contribution >= 0.6 is 15.9 Å². The molecule has 2 aromatic carbocycles. The highest BCUT2D eigenvalue weighted by Crippen LogP contribution is 2.19. The molecule has 4 amide bonds. The largest absolute Gasteiger partial charge is 0.343 e. The van der Waals surface area contributed by atoms with E-state index in [-0.39, 0.29) is 24.4 Å². The average Bonchev–Trinajstić information content (AvgIpc) is 3.06. The molecule has 0 aromatic heterocycles. The van der Waals surface area contributed by atoms with Crippen LogP contribution in [0.25, 0.3) is 0 Å². The quantitative estimate of drug-likeness (QED) is 0.698. The monoisotopic (exact) mass is 416 g/mol. The molecule has 0 saturated carbocycles. The molecular formula is C18H17BrN4O3. The van der Waals surface area contributed by atoms with Crippen LogP contribution in [0.1, 0.15) is 10.4 Å². The molecule has 2 aromatic rings. The lowest BCUT2D eigenvalue weighted by Crippen LogP contribution is -2.32. The lowest BCUT2D eigenvalue weighted by atomic mass is 10.2. The van der Waals surface area contributed by atoms with Crippen molar-refractivity contribution in [3.63, 3.8) is 0 Å². The van der Waals surface area contributed by atoms with E-state index in [1.54, 1.807) is 47.4 Å². The third kappa shape index (κ3) is 4.40. The van der Waals surface area contributed by atoms with Gasteiger partial charge in [0.15, 0.2) is 0 Å². The number of benzene rings is 2. The van der Waals surface area contributed by atoms with Crippen LogP contribution in [0.2, 0.25) is 0 Å². The molecule has 8 heteroatoms. The molecule has 1 saturated heterocycles. The van der Waals surface area contributed by atoms with Crippen LogP contribution < -0.4 is 20.9 Å². The Kier molecular flexibility index (Phi) is 5.52. The van der Waals surface area contributed by atoms with Gasteiger partial charge < -0.3 is 16.0 Å². The number of hydrogen-bond donors (Lipinski definition) is 3. The number of carbonyl (C=O) groups is 3. The van der Waals surface area contributed by atoms with Crippen molar-refractivity contribution in [1.29, 1.82) is 0 Å². The molecule has 0 aliphatic carbocycles. The molecule has 0 atom stereocenters. The van der Waals surface area contributed by atoms with Crippen molar-refractivity contribution in [3.8, 4) is 0 Å². The smallest absolute Gasteiger partial charge is 0.321 e. The van der Waals surface area contributed by atoms with Crippen LogP contribution in [0.4, 0.5) is 16.2 Å². The summed E-state index contributed by atoms with van der Waals surface area (Å²) in [5, 5.41) is 8.02. The fraction of sp³-hybridized carbons (Fsp3) is 0.167. The molecule has 1 fully saturated rings. The summed E-state index contributed by atoms with van der Waals surface area (Å²) in [5.74, 6) is -0.656. The van der Waals surface area contributed by atoms with Gasteiger partial charge in [0.05, 0.1) is 6.54 Å². The fourth-order valence-corrected chi connectivity index (χ4v) is 2.94. The fourth-order valence-electron chi connectivity index (χ4n) is 2.54. The Morgan fingerprint density at radius 2 is 1.92 bits per heavy atom. The SMILES string of the molecule is O=C(CNC(=O)c1cccc(Br)c1)Nc1ccc(N2CCNC2=O)cc1. The number of nitrogens with zero attached hydrogens (tertiary/aromatic N) is 1. The van der Waals surface area contributed by atoms with E-state index in [1.807, 2.05) is 6.07 Å². The van der Waals surface area contributed by atoms with Crippen molar-refractivity contribution in [2.24, 2.45) is 0 Å². The van der Waals surface area contributed by atoms with Crippen LogP contribution in [0.15, 0.2) is 53.0 Å². The third-order valence-corrected chi connectivity index (χ3v) is 4.31. The van der Waals surface area contributed by atoms with Crippen molar-refractivity contribution in [2.75, 3.05) is 29.9 Å². The van der Waals surface area contributed by atoms with E-state index in [0.717, 1.165) is 10.2 Å². The van der Waals surface area contributed by atoms with Crippen LogP contribution in [0, 0.1) is 0 Å². The van der Waals surface area contributed by atoms with Crippen LogP contribution in [0.3, 0.4) is 0 Å². The summed E-state index contributed by atoms with van der Waals surface area (Å²) in [6.45, 7) is 1.10. The molecular weight excluding hydrogens is 400 g/mol. The molecule has 134 valence electrons. The minimum atomic E-state index is -0.333. The molecule has 1 heterocycles. The van der Waals surface area contributed by atoms with Gasteiger partial charge in [-0.25, -0.2) is 4.79 Å². The first kappa shape index (κ1) is 17.9. The van der Waals surface area contributed by atoms with Gasteiger partial charge >= 0.3 is 6.03 Å². The normalized spacial score (nSPS) is 13.3. The summed E-state index contributed by atoms with van der Waals surface area (Å²) in [6.07, 6.45) is 0. The summed E-state index contributed by atoms with van der Waals surface area (Å²) in [6, 6.07) is 13.8. The Labute approximate surface area is 158 Å². The highest BCUT2D eigenvalue weighted by Gasteiger charge is 2.20. The minimum absolute atomic E-state index is 0.128. The number of rotatable bonds is 5. The van der Waals surface area contributed by atoms with Gasteiger partial charge in [-0.3, -0.25) is 14.5 Å². The van der Waals surface area contributed by atoms with E-state index in [1.165, 1.54) is 0 Å². The predicted molar refractivity (Wildman–Crippen MR) is 102 cm³/mol. The van der Waals surface area contributed by atoms with Gasteiger partial charge in [0, 0.05) is 34.5 Å². The van der Waals surface area contributed by atoms with Gasteiger partial charge in [0.25, 0.3) is 5.91 Å². The Hall–Kier alpha value is -2.87. The Bertz CT molecular complexity index is 839. The average molecular weight is 417 g/mol. The zero-order chi connectivity index (χ0) is 18.5. The maximum Gasteiger partial charge on any atom is 0.321 e. The number of nitrogens with one attached hydrogen (secondary N) is 3. The lowest BCUT2D eigenvalue weighted by Gasteiger charge is -2.14. The number of halogens is 1. The molecule has 0 radical (unpaired) electrons. The van der Waals surface area contributed by atoms with Crippen molar-refractivity contribution in [2.45, 2.75) is 0 Å². The van der Waals surface area contributed by atoms with Crippen LogP contribution in [0.5, 0.6) is 0 Å². The number of amides is 4. The Morgan fingerprint density at radius 1 is 1.15 bits per heavy atom. The van der Waals surface area contributed by atoms with E-state index in [2.05, 4.69) is 31.9 Å². The Balaban J connectivity index is 1.51. The van der Waals surface area contributed by atoms with Gasteiger partial charge in [0.2, 0.25) is 5.91 Å². The standard InChI is InChI=1S/C18H17BrN4O3/c19-13-3-1-2-12(10-13)17(25)21-11-16(24)22-14-4-6-15(7-5-14)23-9-8-20-18(23)26/h1-7,10H,8-9,11H2,(H,20,26)(H,21,25)(H,22,24). The second-order valence-electron chi connectivity index (χ2n) is 5.67. The first-order valence-electron chi connectivity index (χ1n) is 8.02. The maximum atomic E-state index is 12.0. The van der Waals surface area contributed by atoms with Gasteiger partial charge in [-0.1, -0.05) is 22.0 Å². The van der Waals surface area contributed by atoms with E-state index in [4.69, 9.17) is 0 Å². The Morgan fingerprint density at radius 3 is 2.58 bits per heavy atom. The van der Waals surface area contributed by atoms with Crippen molar-refractivity contribution in [3.05, 3.63) is 58.6 Å². The summed E-state index contributed by atoms with van der Waals surface area (Å²) in [7, 11) is 0. The van der Waals surface area contributed by atoms with Gasteiger partial charge in [-0.2, -0.15) is 0 Å². The minimum Gasteiger partial charge on any atom is -0.343 e. The van der Waals surface area contributed by atoms with E-state index in [9.17, 15) is 14.4 Å². The molecule has 0 bridgehead atoms. The summed E-state index contributed by atoms with van der Waals surface area (Å²) in [5.41, 5.74) is 1.83. The second-order valence-corrected chi connectivity index (χ2v) is 6.59. The van der Waals surface area contributed by atoms with E-state index >= 15 is 0 Å². The van der Waals surface area contributed by atoms with Crippen molar-refractivity contribution >= 4 is 45.2 Å². The van der Waals surface area contributed by atoms with Gasteiger partial charge in [0.1, 0.15) is 0 Å². The molecule has 0 spiro atoms. The molecule has 7 nitrogen and oxygen atoms in total.